The number of hydrogen-bond acceptors (Lipinski definition) is 5. The molecule has 2 unspecified atom stereocenters. The van der Waals surface area contributed by atoms with Gasteiger partial charge in [0.2, 0.25) is 0 Å². The zero-order valence-corrected chi connectivity index (χ0v) is 12.9. The molecule has 2 rings (SSSR count). The van der Waals surface area contributed by atoms with Crippen LogP contribution >= 0.6 is 11.8 Å². The van der Waals surface area contributed by atoms with Crippen molar-refractivity contribution in [3.8, 4) is 0 Å². The zero-order valence-electron chi connectivity index (χ0n) is 12.1. The summed E-state index contributed by atoms with van der Waals surface area (Å²) in [6.07, 6.45) is 2.78. The van der Waals surface area contributed by atoms with E-state index in [2.05, 4.69) is 28.6 Å². The molecule has 0 aromatic carbocycles. The Morgan fingerprint density at radius 1 is 1.60 bits per heavy atom. The topological polar surface area (TPSA) is 77.2 Å². The average Bonchev–Trinajstić information content (AvgIpc) is 2.93. The summed E-state index contributed by atoms with van der Waals surface area (Å²) in [5.74, 6) is 0.0676. The monoisotopic (exact) mass is 299 g/mol. The van der Waals surface area contributed by atoms with Crippen molar-refractivity contribution in [1.82, 2.24) is 14.8 Å². The lowest BCUT2D eigenvalue weighted by molar-refractivity contribution is -0.133. The molecule has 1 aromatic heterocycles. The van der Waals surface area contributed by atoms with E-state index in [1.54, 1.807) is 0 Å². The van der Waals surface area contributed by atoms with Crippen molar-refractivity contribution in [2.45, 2.75) is 56.8 Å². The van der Waals surface area contributed by atoms with Crippen LogP contribution in [0.2, 0.25) is 0 Å². The molecule has 0 saturated carbocycles. The molecule has 20 heavy (non-hydrogen) atoms. The third-order valence-corrected chi connectivity index (χ3v) is 4.78. The number of carboxylic acid groups (broad SMARTS) is 1. The van der Waals surface area contributed by atoms with Crippen LogP contribution in [0.1, 0.15) is 39.4 Å². The summed E-state index contributed by atoms with van der Waals surface area (Å²) in [4.78, 5) is 10.8. The van der Waals surface area contributed by atoms with Crippen molar-refractivity contribution >= 4 is 17.7 Å². The highest BCUT2D eigenvalue weighted by Crippen LogP contribution is 2.37. The Hall–Kier alpha value is -1.08. The first-order valence-corrected chi connectivity index (χ1v) is 7.88. The Morgan fingerprint density at radius 3 is 2.90 bits per heavy atom. The Morgan fingerprint density at radius 2 is 2.35 bits per heavy atom. The van der Waals surface area contributed by atoms with Gasteiger partial charge in [0.15, 0.2) is 5.16 Å². The molecular formula is C13H21N3O3S. The second kappa shape index (κ2) is 6.13. The molecule has 2 heterocycles. The van der Waals surface area contributed by atoms with E-state index in [1.165, 1.54) is 11.8 Å². The third-order valence-electron chi connectivity index (χ3n) is 3.86. The molecular weight excluding hydrogens is 278 g/mol. The second-order valence-electron chi connectivity index (χ2n) is 5.29. The SMILES string of the molecule is CCCc1nnc(SCC(=O)O)n1C1(C)CCOC1C. The van der Waals surface area contributed by atoms with Crippen LogP contribution in [0.25, 0.3) is 0 Å². The minimum absolute atomic E-state index is 0.00439. The van der Waals surface area contributed by atoms with Crippen LogP contribution in [0.5, 0.6) is 0 Å². The van der Waals surface area contributed by atoms with Gasteiger partial charge >= 0.3 is 5.97 Å². The molecule has 1 saturated heterocycles. The number of ether oxygens (including phenoxy) is 1. The van der Waals surface area contributed by atoms with E-state index in [4.69, 9.17) is 9.84 Å². The summed E-state index contributed by atoms with van der Waals surface area (Å²) < 4.78 is 7.80. The highest BCUT2D eigenvalue weighted by Gasteiger charge is 2.41. The first kappa shape index (κ1) is 15.3. The van der Waals surface area contributed by atoms with Crippen LogP contribution in [0.4, 0.5) is 0 Å². The van der Waals surface area contributed by atoms with Crippen LogP contribution in [0.15, 0.2) is 5.16 Å². The molecule has 1 aliphatic heterocycles. The summed E-state index contributed by atoms with van der Waals surface area (Å²) >= 11 is 1.22. The molecule has 1 N–H and O–H groups in total. The fraction of sp³-hybridized carbons (Fsp3) is 0.769. The molecule has 1 fully saturated rings. The van der Waals surface area contributed by atoms with Crippen LogP contribution in [0, 0.1) is 0 Å². The maximum atomic E-state index is 10.8. The standard InChI is InChI=1S/C13H21N3O3S/c1-4-5-10-14-15-12(20-8-11(17)18)16(10)13(3)6-7-19-9(13)2/h9H,4-8H2,1-3H3,(H,17,18). The van der Waals surface area contributed by atoms with Gasteiger partial charge in [-0.3, -0.25) is 9.36 Å². The van der Waals surface area contributed by atoms with Gasteiger partial charge in [0.05, 0.1) is 17.4 Å². The predicted molar refractivity (Wildman–Crippen MR) is 76.1 cm³/mol. The summed E-state index contributed by atoms with van der Waals surface area (Å²) in [5.41, 5.74) is -0.200. The highest BCUT2D eigenvalue weighted by atomic mass is 32.2. The number of aliphatic carboxylic acids is 1. The van der Waals surface area contributed by atoms with Gasteiger partial charge in [-0.1, -0.05) is 18.7 Å². The van der Waals surface area contributed by atoms with Gasteiger partial charge in [-0.05, 0) is 26.7 Å². The maximum Gasteiger partial charge on any atom is 0.313 e. The highest BCUT2D eigenvalue weighted by molar-refractivity contribution is 7.99. The number of nitrogens with zero attached hydrogens (tertiary/aromatic N) is 3. The second-order valence-corrected chi connectivity index (χ2v) is 6.23. The van der Waals surface area contributed by atoms with E-state index < -0.39 is 5.97 Å². The first-order valence-electron chi connectivity index (χ1n) is 6.90. The van der Waals surface area contributed by atoms with E-state index in [-0.39, 0.29) is 17.4 Å². The van der Waals surface area contributed by atoms with Crippen LogP contribution < -0.4 is 0 Å². The molecule has 0 aliphatic carbocycles. The smallest absolute Gasteiger partial charge is 0.313 e. The van der Waals surface area contributed by atoms with E-state index in [0.29, 0.717) is 11.8 Å². The third kappa shape index (κ3) is 2.83. The summed E-state index contributed by atoms with van der Waals surface area (Å²) in [6.45, 7) is 7.00. The number of aromatic nitrogens is 3. The number of carbonyl (C=O) groups is 1. The van der Waals surface area contributed by atoms with Crippen molar-refractivity contribution in [1.29, 1.82) is 0 Å². The van der Waals surface area contributed by atoms with E-state index in [1.807, 2.05) is 6.92 Å². The molecule has 0 radical (unpaired) electrons. The lowest BCUT2D eigenvalue weighted by atomic mass is 9.94. The summed E-state index contributed by atoms with van der Waals surface area (Å²) in [5, 5.41) is 18.0. The van der Waals surface area contributed by atoms with Gasteiger partial charge in [-0.2, -0.15) is 0 Å². The lowest BCUT2D eigenvalue weighted by Gasteiger charge is -2.31. The first-order chi connectivity index (χ1) is 9.49. The van der Waals surface area contributed by atoms with Crippen LogP contribution in [-0.4, -0.2) is 44.3 Å². The quantitative estimate of drug-likeness (QED) is 0.809. The van der Waals surface area contributed by atoms with Gasteiger partial charge in [0.1, 0.15) is 5.82 Å². The van der Waals surface area contributed by atoms with Crippen molar-refractivity contribution in [2.24, 2.45) is 0 Å². The molecule has 1 aromatic rings. The largest absolute Gasteiger partial charge is 0.481 e. The molecule has 0 spiro atoms. The van der Waals surface area contributed by atoms with Crippen molar-refractivity contribution in [3.05, 3.63) is 5.82 Å². The molecule has 0 bridgehead atoms. The summed E-state index contributed by atoms with van der Waals surface area (Å²) in [7, 11) is 0. The number of aryl methyl sites for hydroxylation is 1. The minimum Gasteiger partial charge on any atom is -0.481 e. The van der Waals surface area contributed by atoms with Crippen molar-refractivity contribution < 1.29 is 14.6 Å². The Labute approximate surface area is 122 Å². The Balaban J connectivity index is 2.36. The molecule has 1 aliphatic rings. The normalized spacial score (nSPS) is 26.1. The number of rotatable bonds is 6. The molecule has 112 valence electrons. The van der Waals surface area contributed by atoms with Gasteiger partial charge in [0.25, 0.3) is 0 Å². The van der Waals surface area contributed by atoms with Gasteiger partial charge in [-0.25, -0.2) is 0 Å². The zero-order chi connectivity index (χ0) is 14.8. The minimum atomic E-state index is -0.845. The molecule has 2 atom stereocenters. The van der Waals surface area contributed by atoms with E-state index >= 15 is 0 Å². The predicted octanol–water partition coefficient (Wildman–Crippen LogP) is 1.93. The Bertz CT molecular complexity index is 491. The fourth-order valence-corrected chi connectivity index (χ4v) is 3.33. The van der Waals surface area contributed by atoms with Crippen molar-refractivity contribution in [3.63, 3.8) is 0 Å². The van der Waals surface area contributed by atoms with Crippen LogP contribution in [-0.2, 0) is 21.5 Å². The lowest BCUT2D eigenvalue weighted by Crippen LogP contribution is -2.38. The van der Waals surface area contributed by atoms with E-state index in [9.17, 15) is 4.79 Å². The van der Waals surface area contributed by atoms with E-state index in [0.717, 1.165) is 25.1 Å². The fourth-order valence-electron chi connectivity index (χ4n) is 2.54. The number of hydrogen-bond donors (Lipinski definition) is 1. The maximum absolute atomic E-state index is 10.8. The number of thioether (sulfide) groups is 1. The molecule has 6 nitrogen and oxygen atoms in total. The van der Waals surface area contributed by atoms with Gasteiger partial charge < -0.3 is 9.84 Å². The number of carboxylic acids is 1. The molecule has 7 heteroatoms. The van der Waals surface area contributed by atoms with Crippen LogP contribution in [0.3, 0.4) is 0 Å². The summed E-state index contributed by atoms with van der Waals surface area (Å²) in [6, 6.07) is 0. The molecule has 0 amide bonds. The van der Waals surface area contributed by atoms with Crippen molar-refractivity contribution in [2.75, 3.05) is 12.4 Å². The van der Waals surface area contributed by atoms with Gasteiger partial charge in [-0.15, -0.1) is 10.2 Å². The van der Waals surface area contributed by atoms with Gasteiger partial charge in [0, 0.05) is 13.0 Å². The average molecular weight is 299 g/mol. The Kier molecular flexibility index (Phi) is 4.70.